The Labute approximate surface area is 104 Å². The van der Waals surface area contributed by atoms with Gasteiger partial charge in [-0.05, 0) is 5.56 Å². The van der Waals surface area contributed by atoms with Gasteiger partial charge in [-0.1, -0.05) is 42.5 Å². The Morgan fingerprint density at radius 2 is 2.17 bits per heavy atom. The van der Waals surface area contributed by atoms with E-state index in [0.29, 0.717) is 0 Å². The second-order valence-electron chi connectivity index (χ2n) is 3.53. The van der Waals surface area contributed by atoms with E-state index in [-0.39, 0.29) is 0 Å². The molecular weight excluding hydrogens is 236 g/mol. The molecule has 0 bridgehead atoms. The molecule has 0 radical (unpaired) electrons. The monoisotopic (exact) mass is 250 g/mol. The number of hydrogen-bond donors (Lipinski definition) is 1. The minimum Gasteiger partial charge on any atom is -0.453 e. The molecule has 1 rings (SSSR count). The van der Waals surface area contributed by atoms with Gasteiger partial charge in [0.15, 0.2) is 0 Å². The topological polar surface area (TPSA) is 81.5 Å². The molecule has 96 valence electrons. The van der Waals surface area contributed by atoms with Crippen molar-refractivity contribution in [3.63, 3.8) is 0 Å². The summed E-state index contributed by atoms with van der Waals surface area (Å²) in [6.45, 7) is -0.390. The van der Waals surface area contributed by atoms with Crippen LogP contribution in [0.5, 0.6) is 0 Å². The highest BCUT2D eigenvalue weighted by Gasteiger charge is 2.14. The molecule has 1 amide bonds. The zero-order valence-electron chi connectivity index (χ0n) is 9.91. The number of hydrogen-bond acceptors (Lipinski definition) is 4. The average Bonchev–Trinajstić information content (AvgIpc) is 2.36. The highest BCUT2D eigenvalue weighted by atomic mass is 16.6. The fourth-order valence-electron chi connectivity index (χ4n) is 1.32. The first-order chi connectivity index (χ1) is 8.61. The molecule has 0 saturated heterocycles. The number of carbonyl (C=O) groups excluding carboxylic acids is 1. The van der Waals surface area contributed by atoms with Crippen molar-refractivity contribution in [2.75, 3.05) is 13.7 Å². The van der Waals surface area contributed by atoms with Gasteiger partial charge in [0.05, 0.1) is 7.11 Å². The van der Waals surface area contributed by atoms with E-state index in [0.717, 1.165) is 5.56 Å². The third-order valence-corrected chi connectivity index (χ3v) is 2.15. The van der Waals surface area contributed by atoms with Gasteiger partial charge in [0.2, 0.25) is 6.54 Å². The molecule has 1 N–H and O–H groups in total. The fourth-order valence-corrected chi connectivity index (χ4v) is 1.32. The van der Waals surface area contributed by atoms with Gasteiger partial charge >= 0.3 is 6.09 Å². The number of benzene rings is 1. The number of alkyl carbamates (subject to hydrolysis) is 1. The van der Waals surface area contributed by atoms with Crippen molar-refractivity contribution in [2.24, 2.45) is 0 Å². The van der Waals surface area contributed by atoms with E-state index < -0.39 is 23.6 Å². The van der Waals surface area contributed by atoms with Gasteiger partial charge in [0.25, 0.3) is 0 Å². The Kier molecular flexibility index (Phi) is 5.37. The van der Waals surface area contributed by atoms with Gasteiger partial charge in [0, 0.05) is 4.92 Å². The van der Waals surface area contributed by atoms with Crippen molar-refractivity contribution < 1.29 is 14.5 Å². The maximum Gasteiger partial charge on any atom is 0.407 e. The maximum atomic E-state index is 11.0. The Morgan fingerprint density at radius 3 is 2.72 bits per heavy atom. The van der Waals surface area contributed by atoms with Crippen molar-refractivity contribution in [3.05, 3.63) is 52.1 Å². The molecule has 0 fully saturated rings. The molecule has 6 nitrogen and oxygen atoms in total. The number of ether oxygens (including phenoxy) is 1. The van der Waals surface area contributed by atoms with Gasteiger partial charge in [0.1, 0.15) is 6.04 Å². The Bertz CT molecular complexity index is 431. The zero-order chi connectivity index (χ0) is 13.4. The van der Waals surface area contributed by atoms with E-state index in [1.54, 1.807) is 12.2 Å². The summed E-state index contributed by atoms with van der Waals surface area (Å²) in [5.74, 6) is 0. The van der Waals surface area contributed by atoms with Crippen LogP contribution in [0.15, 0.2) is 36.4 Å². The molecule has 0 heterocycles. The molecule has 1 aromatic carbocycles. The lowest BCUT2D eigenvalue weighted by atomic mass is 10.2. The van der Waals surface area contributed by atoms with Crippen LogP contribution >= 0.6 is 0 Å². The van der Waals surface area contributed by atoms with Gasteiger partial charge < -0.3 is 10.1 Å². The molecule has 6 heteroatoms. The van der Waals surface area contributed by atoms with Crippen LogP contribution in [0.25, 0.3) is 6.08 Å². The van der Waals surface area contributed by atoms with Crippen molar-refractivity contribution >= 4 is 12.2 Å². The Morgan fingerprint density at radius 1 is 1.50 bits per heavy atom. The van der Waals surface area contributed by atoms with Crippen LogP contribution in [-0.2, 0) is 4.74 Å². The molecule has 1 aromatic rings. The van der Waals surface area contributed by atoms with Gasteiger partial charge in [-0.15, -0.1) is 0 Å². The molecule has 18 heavy (non-hydrogen) atoms. The van der Waals surface area contributed by atoms with E-state index in [2.05, 4.69) is 10.1 Å². The van der Waals surface area contributed by atoms with Gasteiger partial charge in [-0.25, -0.2) is 4.79 Å². The summed E-state index contributed by atoms with van der Waals surface area (Å²) < 4.78 is 4.41. The minimum atomic E-state index is -0.701. The Hall–Kier alpha value is -2.37. The maximum absolute atomic E-state index is 11.0. The molecule has 0 aliphatic carbocycles. The predicted molar refractivity (Wildman–Crippen MR) is 66.7 cm³/mol. The SMILES string of the molecule is COC(=O)NC(C=Cc1ccccc1)C[N+](=O)[O-]. The molecule has 0 spiro atoms. The first kappa shape index (κ1) is 13.7. The fraction of sp³-hybridized carbons (Fsp3) is 0.250. The minimum absolute atomic E-state index is 0.390. The smallest absolute Gasteiger partial charge is 0.407 e. The summed E-state index contributed by atoms with van der Waals surface area (Å²) in [5.41, 5.74) is 0.900. The van der Waals surface area contributed by atoms with Crippen molar-refractivity contribution in [1.82, 2.24) is 5.32 Å². The lowest BCUT2D eigenvalue weighted by Crippen LogP contribution is -2.38. The van der Waals surface area contributed by atoms with Crippen molar-refractivity contribution in [2.45, 2.75) is 6.04 Å². The lowest BCUT2D eigenvalue weighted by Gasteiger charge is -2.09. The number of nitrogens with zero attached hydrogens (tertiary/aromatic N) is 1. The van der Waals surface area contributed by atoms with Gasteiger partial charge in [-0.3, -0.25) is 10.1 Å². The summed E-state index contributed by atoms with van der Waals surface area (Å²) in [6.07, 6.45) is 2.58. The van der Waals surface area contributed by atoms with Crippen LogP contribution in [0.1, 0.15) is 5.56 Å². The van der Waals surface area contributed by atoms with Crippen LogP contribution in [-0.4, -0.2) is 30.7 Å². The second kappa shape index (κ2) is 7.05. The Balaban J connectivity index is 2.68. The molecular formula is C12H14N2O4. The summed E-state index contributed by atoms with van der Waals surface area (Å²) in [6, 6.07) is 8.60. The van der Waals surface area contributed by atoms with Crippen LogP contribution in [0.2, 0.25) is 0 Å². The molecule has 1 unspecified atom stereocenters. The first-order valence-corrected chi connectivity index (χ1v) is 5.31. The number of methoxy groups -OCH3 is 1. The van der Waals surface area contributed by atoms with Crippen LogP contribution in [0.4, 0.5) is 4.79 Å². The van der Waals surface area contributed by atoms with E-state index in [1.807, 2.05) is 30.3 Å². The summed E-state index contributed by atoms with van der Waals surface area (Å²) in [4.78, 5) is 21.0. The zero-order valence-corrected chi connectivity index (χ0v) is 9.91. The first-order valence-electron chi connectivity index (χ1n) is 5.31. The lowest BCUT2D eigenvalue weighted by molar-refractivity contribution is -0.481. The number of carbonyl (C=O) groups is 1. The number of nitrogens with one attached hydrogen (secondary N) is 1. The molecule has 1 atom stereocenters. The van der Waals surface area contributed by atoms with E-state index in [4.69, 9.17) is 0 Å². The third-order valence-electron chi connectivity index (χ3n) is 2.15. The average molecular weight is 250 g/mol. The highest BCUT2D eigenvalue weighted by molar-refractivity contribution is 5.68. The summed E-state index contributed by atoms with van der Waals surface area (Å²) >= 11 is 0. The van der Waals surface area contributed by atoms with E-state index in [1.165, 1.54) is 7.11 Å². The predicted octanol–water partition coefficient (Wildman–Crippen LogP) is 1.70. The van der Waals surface area contributed by atoms with Crippen molar-refractivity contribution in [1.29, 1.82) is 0 Å². The standard InChI is InChI=1S/C12H14N2O4/c1-18-12(15)13-11(9-14(16)17)8-7-10-5-3-2-4-6-10/h2-8,11H,9H2,1H3,(H,13,15). The molecule has 0 aliphatic rings. The third kappa shape index (κ3) is 5.11. The summed E-state index contributed by atoms with van der Waals surface area (Å²) in [5, 5.41) is 12.8. The van der Waals surface area contributed by atoms with Crippen LogP contribution in [0, 0.1) is 10.1 Å². The quantitative estimate of drug-likeness (QED) is 0.637. The molecule has 0 aromatic heterocycles. The van der Waals surface area contributed by atoms with Crippen LogP contribution < -0.4 is 5.32 Å². The second-order valence-corrected chi connectivity index (χ2v) is 3.53. The highest BCUT2D eigenvalue weighted by Crippen LogP contribution is 2.02. The van der Waals surface area contributed by atoms with E-state index >= 15 is 0 Å². The molecule has 0 saturated carbocycles. The molecule has 0 aliphatic heterocycles. The van der Waals surface area contributed by atoms with E-state index in [9.17, 15) is 14.9 Å². The number of nitro groups is 1. The van der Waals surface area contributed by atoms with Crippen molar-refractivity contribution in [3.8, 4) is 0 Å². The normalized spacial score (nSPS) is 12.1. The summed E-state index contributed by atoms with van der Waals surface area (Å²) in [7, 11) is 1.21. The number of rotatable bonds is 5. The largest absolute Gasteiger partial charge is 0.453 e. The number of amides is 1. The van der Waals surface area contributed by atoms with Crippen LogP contribution in [0.3, 0.4) is 0 Å². The van der Waals surface area contributed by atoms with Gasteiger partial charge in [-0.2, -0.15) is 0 Å².